The number of benzene rings is 1. The van der Waals surface area contributed by atoms with Crippen molar-refractivity contribution in [3.63, 3.8) is 0 Å². The molecule has 0 fully saturated rings. The zero-order valence-electron chi connectivity index (χ0n) is 13.3. The van der Waals surface area contributed by atoms with Gasteiger partial charge in [0.1, 0.15) is 11.6 Å². The van der Waals surface area contributed by atoms with E-state index in [2.05, 4.69) is 22.4 Å². The summed E-state index contributed by atoms with van der Waals surface area (Å²) in [7, 11) is 0. The van der Waals surface area contributed by atoms with Crippen LogP contribution < -0.4 is 10.9 Å². The first kappa shape index (κ1) is 15.3. The summed E-state index contributed by atoms with van der Waals surface area (Å²) < 4.78 is 1.80. The summed E-state index contributed by atoms with van der Waals surface area (Å²) >= 11 is 0. The molecule has 2 N–H and O–H groups in total. The van der Waals surface area contributed by atoms with Gasteiger partial charge in [-0.05, 0) is 19.4 Å². The summed E-state index contributed by atoms with van der Waals surface area (Å²) in [5.41, 5.74) is 1.06. The van der Waals surface area contributed by atoms with Gasteiger partial charge < -0.3 is 9.88 Å². The maximum absolute atomic E-state index is 12.5. The summed E-state index contributed by atoms with van der Waals surface area (Å²) in [5.74, 6) is -0.0858. The lowest BCUT2D eigenvalue weighted by Crippen LogP contribution is -2.32. The molecule has 0 radical (unpaired) electrons. The maximum Gasteiger partial charge on any atom is 0.288 e. The normalized spacial score (nSPS) is 12.6. The SMILES string of the molecule is CCCCNC(=O)[C@H](C)n1c2ccccc2c2cn[nH]c(=O)c21. The van der Waals surface area contributed by atoms with E-state index in [0.29, 0.717) is 12.1 Å². The Kier molecular flexibility index (Phi) is 4.14. The molecule has 0 unspecified atom stereocenters. The Morgan fingerprint density at radius 2 is 2.13 bits per heavy atom. The number of hydrogen-bond donors (Lipinski definition) is 2. The second kappa shape index (κ2) is 6.24. The van der Waals surface area contributed by atoms with E-state index in [1.807, 2.05) is 31.2 Å². The molecule has 6 nitrogen and oxygen atoms in total. The Bertz CT molecular complexity index is 910. The van der Waals surface area contributed by atoms with Crippen molar-refractivity contribution >= 4 is 27.7 Å². The van der Waals surface area contributed by atoms with E-state index >= 15 is 0 Å². The molecule has 2 heterocycles. The Labute approximate surface area is 133 Å². The van der Waals surface area contributed by atoms with Crippen LogP contribution in [0.25, 0.3) is 21.8 Å². The molecule has 0 saturated carbocycles. The molecule has 0 aliphatic heterocycles. The Hall–Kier alpha value is -2.63. The van der Waals surface area contributed by atoms with Crippen LogP contribution in [0, 0.1) is 0 Å². The lowest BCUT2D eigenvalue weighted by Gasteiger charge is -2.16. The van der Waals surface area contributed by atoms with Gasteiger partial charge in [-0.15, -0.1) is 0 Å². The van der Waals surface area contributed by atoms with Crippen molar-refractivity contribution in [1.82, 2.24) is 20.1 Å². The Morgan fingerprint density at radius 3 is 2.91 bits per heavy atom. The van der Waals surface area contributed by atoms with E-state index < -0.39 is 6.04 Å². The van der Waals surface area contributed by atoms with Crippen LogP contribution >= 0.6 is 0 Å². The molecule has 120 valence electrons. The number of nitrogens with zero attached hydrogens (tertiary/aromatic N) is 2. The van der Waals surface area contributed by atoms with Crippen molar-refractivity contribution in [3.8, 4) is 0 Å². The number of para-hydroxylation sites is 1. The van der Waals surface area contributed by atoms with Crippen molar-refractivity contribution in [2.24, 2.45) is 0 Å². The van der Waals surface area contributed by atoms with Crippen LogP contribution in [0.3, 0.4) is 0 Å². The first-order valence-electron chi connectivity index (χ1n) is 7.89. The average Bonchev–Trinajstić information content (AvgIpc) is 2.90. The smallest absolute Gasteiger partial charge is 0.288 e. The van der Waals surface area contributed by atoms with E-state index in [9.17, 15) is 9.59 Å². The summed E-state index contributed by atoms with van der Waals surface area (Å²) in [6, 6.07) is 7.21. The Balaban J connectivity index is 2.15. The van der Waals surface area contributed by atoms with E-state index in [1.165, 1.54) is 0 Å². The van der Waals surface area contributed by atoms with Gasteiger partial charge in [-0.3, -0.25) is 9.59 Å². The number of rotatable bonds is 5. The molecule has 3 rings (SSSR count). The number of aromatic nitrogens is 3. The predicted octanol–water partition coefficient (Wildman–Crippen LogP) is 2.36. The monoisotopic (exact) mass is 312 g/mol. The minimum Gasteiger partial charge on any atom is -0.354 e. The van der Waals surface area contributed by atoms with Crippen molar-refractivity contribution < 1.29 is 4.79 Å². The molecular formula is C17H20N4O2. The third kappa shape index (κ3) is 2.60. The summed E-state index contributed by atoms with van der Waals surface area (Å²) in [4.78, 5) is 24.7. The standard InChI is InChI=1S/C17H20N4O2/c1-3-4-9-18-16(22)11(2)21-14-8-6-5-7-12(14)13-10-19-20-17(23)15(13)21/h5-8,10-11H,3-4,9H2,1-2H3,(H,18,22)(H,20,23)/t11-/m0/s1. The average molecular weight is 312 g/mol. The first-order chi connectivity index (χ1) is 11.1. The van der Waals surface area contributed by atoms with Gasteiger partial charge in [0.25, 0.3) is 5.56 Å². The van der Waals surface area contributed by atoms with Crippen molar-refractivity contribution in [2.75, 3.05) is 6.54 Å². The molecule has 0 aliphatic carbocycles. The third-order valence-corrected chi connectivity index (χ3v) is 4.12. The van der Waals surface area contributed by atoms with Crippen LogP contribution in [0.2, 0.25) is 0 Å². The van der Waals surface area contributed by atoms with Crippen molar-refractivity contribution in [2.45, 2.75) is 32.7 Å². The van der Waals surface area contributed by atoms with Crippen LogP contribution in [-0.4, -0.2) is 27.2 Å². The van der Waals surface area contributed by atoms with Gasteiger partial charge in [0.05, 0.1) is 11.7 Å². The fourth-order valence-corrected chi connectivity index (χ4v) is 2.92. The van der Waals surface area contributed by atoms with Crippen LogP contribution in [0.1, 0.15) is 32.7 Å². The fraction of sp³-hybridized carbons (Fsp3) is 0.353. The number of carbonyl (C=O) groups excluding carboxylic acids is 1. The number of nitrogens with one attached hydrogen (secondary N) is 2. The summed E-state index contributed by atoms with van der Waals surface area (Å²) in [6.45, 7) is 4.54. The van der Waals surface area contributed by atoms with Gasteiger partial charge >= 0.3 is 0 Å². The van der Waals surface area contributed by atoms with E-state index in [0.717, 1.165) is 29.1 Å². The van der Waals surface area contributed by atoms with Crippen molar-refractivity contribution in [1.29, 1.82) is 0 Å². The highest BCUT2D eigenvalue weighted by Crippen LogP contribution is 2.29. The molecular weight excluding hydrogens is 292 g/mol. The van der Waals surface area contributed by atoms with Gasteiger partial charge in [-0.1, -0.05) is 31.5 Å². The minimum atomic E-state index is -0.474. The van der Waals surface area contributed by atoms with Crippen molar-refractivity contribution in [3.05, 3.63) is 40.8 Å². The number of carbonyl (C=O) groups is 1. The van der Waals surface area contributed by atoms with Crippen LogP contribution in [0.4, 0.5) is 0 Å². The molecule has 0 saturated heterocycles. The highest BCUT2D eigenvalue weighted by molar-refractivity contribution is 6.08. The minimum absolute atomic E-state index is 0.0858. The largest absolute Gasteiger partial charge is 0.354 e. The summed E-state index contributed by atoms with van der Waals surface area (Å²) in [6.07, 6.45) is 3.60. The van der Waals surface area contributed by atoms with Gasteiger partial charge in [0, 0.05) is 17.3 Å². The number of hydrogen-bond acceptors (Lipinski definition) is 3. The molecule has 1 atom stereocenters. The molecule has 1 amide bonds. The summed E-state index contributed by atoms with van der Waals surface area (Å²) in [5, 5.41) is 11.0. The second-order valence-electron chi connectivity index (χ2n) is 5.67. The van der Waals surface area contributed by atoms with Gasteiger partial charge in [-0.2, -0.15) is 5.10 Å². The lowest BCUT2D eigenvalue weighted by atomic mass is 10.2. The molecule has 3 aromatic rings. The lowest BCUT2D eigenvalue weighted by molar-refractivity contribution is -0.123. The fourth-order valence-electron chi connectivity index (χ4n) is 2.92. The molecule has 0 spiro atoms. The van der Waals surface area contributed by atoms with Gasteiger partial charge in [0.15, 0.2) is 0 Å². The van der Waals surface area contributed by atoms with Gasteiger partial charge in [-0.25, -0.2) is 5.10 Å². The number of unbranched alkanes of at least 4 members (excludes halogenated alkanes) is 1. The number of amides is 1. The molecule has 0 bridgehead atoms. The van der Waals surface area contributed by atoms with E-state index in [-0.39, 0.29) is 11.5 Å². The predicted molar refractivity (Wildman–Crippen MR) is 90.5 cm³/mol. The van der Waals surface area contributed by atoms with Gasteiger partial charge in [0.2, 0.25) is 5.91 Å². The number of aromatic amines is 1. The highest BCUT2D eigenvalue weighted by Gasteiger charge is 2.22. The second-order valence-corrected chi connectivity index (χ2v) is 5.67. The van der Waals surface area contributed by atoms with Crippen LogP contribution in [0.5, 0.6) is 0 Å². The molecule has 1 aromatic carbocycles. The topological polar surface area (TPSA) is 79.8 Å². The quantitative estimate of drug-likeness (QED) is 0.710. The third-order valence-electron chi connectivity index (χ3n) is 4.12. The van der Waals surface area contributed by atoms with Crippen LogP contribution in [-0.2, 0) is 4.79 Å². The van der Waals surface area contributed by atoms with E-state index in [1.54, 1.807) is 10.8 Å². The van der Waals surface area contributed by atoms with E-state index in [4.69, 9.17) is 0 Å². The zero-order chi connectivity index (χ0) is 16.4. The molecule has 2 aromatic heterocycles. The Morgan fingerprint density at radius 1 is 1.35 bits per heavy atom. The molecule has 23 heavy (non-hydrogen) atoms. The number of fused-ring (bicyclic) bond motifs is 3. The van der Waals surface area contributed by atoms with Crippen LogP contribution in [0.15, 0.2) is 35.3 Å². The zero-order valence-corrected chi connectivity index (χ0v) is 13.3. The maximum atomic E-state index is 12.5. The first-order valence-corrected chi connectivity index (χ1v) is 7.89. The molecule has 0 aliphatic rings. The number of H-pyrrole nitrogens is 1. The molecule has 6 heteroatoms. The highest BCUT2D eigenvalue weighted by atomic mass is 16.2.